The average molecular weight is 348 g/mol. The molecular weight excluding hydrogens is 320 g/mol. The molecule has 0 N–H and O–H groups in total. The van der Waals surface area contributed by atoms with Gasteiger partial charge in [0.15, 0.2) is 0 Å². The Hall–Kier alpha value is -2.22. The van der Waals surface area contributed by atoms with Crippen LogP contribution in [0, 0.1) is 16.7 Å². The van der Waals surface area contributed by atoms with Gasteiger partial charge >= 0.3 is 0 Å². The van der Waals surface area contributed by atoms with Crippen molar-refractivity contribution in [3.8, 4) is 0 Å². The third kappa shape index (κ3) is 3.13. The van der Waals surface area contributed by atoms with E-state index in [0.717, 1.165) is 30.3 Å². The van der Waals surface area contributed by atoms with Crippen LogP contribution in [0.15, 0.2) is 60.7 Å². The van der Waals surface area contributed by atoms with Crippen LogP contribution < -0.4 is 0 Å². The first-order valence-corrected chi connectivity index (χ1v) is 9.48. The van der Waals surface area contributed by atoms with E-state index in [9.17, 15) is 9.59 Å². The van der Waals surface area contributed by atoms with Crippen LogP contribution in [0.5, 0.6) is 0 Å². The molecule has 0 aliphatic heterocycles. The monoisotopic (exact) mass is 348 g/mol. The first kappa shape index (κ1) is 18.6. The first-order chi connectivity index (χ1) is 12.4. The zero-order valence-electron chi connectivity index (χ0n) is 15.9. The van der Waals surface area contributed by atoms with Crippen LogP contribution >= 0.6 is 0 Å². The van der Waals surface area contributed by atoms with Crippen LogP contribution in [-0.4, -0.2) is 12.1 Å². The Balaban J connectivity index is 0.000000158. The fourth-order valence-corrected chi connectivity index (χ4v) is 4.57. The van der Waals surface area contributed by atoms with E-state index in [0.29, 0.717) is 11.7 Å². The minimum atomic E-state index is -0.146. The lowest BCUT2D eigenvalue weighted by Crippen LogP contribution is -2.32. The third-order valence-corrected chi connectivity index (χ3v) is 6.94. The summed E-state index contributed by atoms with van der Waals surface area (Å²) in [5, 5.41) is 0. The molecule has 2 aromatic carbocycles. The zero-order chi connectivity index (χ0) is 18.8. The second kappa shape index (κ2) is 7.19. The second-order valence-corrected chi connectivity index (χ2v) is 8.35. The molecule has 26 heavy (non-hydrogen) atoms. The van der Waals surface area contributed by atoms with Gasteiger partial charge in [-0.05, 0) is 35.3 Å². The predicted molar refractivity (Wildman–Crippen MR) is 105 cm³/mol. The van der Waals surface area contributed by atoms with Crippen molar-refractivity contribution in [1.82, 2.24) is 0 Å². The molecule has 2 nitrogen and oxygen atoms in total. The standard InChI is InChI=1S/C14H12O.C10H16O/c15-11-14(12-7-3-1-4-8-12)13-9-5-2-6-10-13;1-9(2)7-4-5-10(9,3)8(11)6-7/h1-11,14H;7H,4-6H2,1-3H3. The highest BCUT2D eigenvalue weighted by atomic mass is 16.1. The van der Waals surface area contributed by atoms with E-state index in [-0.39, 0.29) is 16.7 Å². The normalized spacial score (nSPS) is 25.7. The summed E-state index contributed by atoms with van der Waals surface area (Å²) in [5.74, 6) is 1.05. The van der Waals surface area contributed by atoms with Gasteiger partial charge in [0, 0.05) is 11.8 Å². The van der Waals surface area contributed by atoms with Crippen LogP contribution in [0.2, 0.25) is 0 Å². The molecule has 2 bridgehead atoms. The van der Waals surface area contributed by atoms with Crippen LogP contribution in [0.1, 0.15) is 57.1 Å². The quantitative estimate of drug-likeness (QED) is 0.694. The molecule has 0 aromatic heterocycles. The maximum atomic E-state index is 11.6. The molecule has 4 rings (SSSR count). The Labute approximate surface area is 156 Å². The molecule has 0 amide bonds. The molecule has 2 aliphatic carbocycles. The molecular formula is C24H28O2. The van der Waals surface area contributed by atoms with Gasteiger partial charge in [-0.1, -0.05) is 81.4 Å². The molecule has 2 aromatic rings. The predicted octanol–water partition coefficient (Wildman–Crippen LogP) is 5.42. The SMILES string of the molecule is CC12CCC(CC1=O)C2(C)C.O=CC(c1ccccc1)c1ccccc1. The highest BCUT2D eigenvalue weighted by Gasteiger charge is 2.61. The van der Waals surface area contributed by atoms with Crippen LogP contribution in [0.25, 0.3) is 0 Å². The van der Waals surface area contributed by atoms with E-state index in [2.05, 4.69) is 20.8 Å². The zero-order valence-corrected chi connectivity index (χ0v) is 15.9. The fourth-order valence-electron chi connectivity index (χ4n) is 4.57. The van der Waals surface area contributed by atoms with Crippen molar-refractivity contribution in [1.29, 1.82) is 0 Å². The van der Waals surface area contributed by atoms with E-state index in [1.54, 1.807) is 0 Å². The Morgan fingerprint density at radius 1 is 0.923 bits per heavy atom. The molecule has 0 saturated heterocycles. The Morgan fingerprint density at radius 3 is 1.69 bits per heavy atom. The van der Waals surface area contributed by atoms with E-state index >= 15 is 0 Å². The number of ketones is 1. The summed E-state index contributed by atoms with van der Waals surface area (Å²) in [6.45, 7) is 6.67. The van der Waals surface area contributed by atoms with Crippen molar-refractivity contribution in [2.45, 2.75) is 46.0 Å². The van der Waals surface area contributed by atoms with Gasteiger partial charge in [-0.15, -0.1) is 0 Å². The number of aldehydes is 1. The van der Waals surface area contributed by atoms with E-state index in [1.807, 2.05) is 60.7 Å². The van der Waals surface area contributed by atoms with Gasteiger partial charge in [0.1, 0.15) is 12.1 Å². The minimum absolute atomic E-state index is 0.0255. The summed E-state index contributed by atoms with van der Waals surface area (Å²) < 4.78 is 0. The van der Waals surface area contributed by atoms with E-state index in [1.165, 1.54) is 6.42 Å². The molecule has 2 saturated carbocycles. The summed E-state index contributed by atoms with van der Waals surface area (Å²) in [6, 6.07) is 19.6. The smallest absolute Gasteiger partial charge is 0.139 e. The maximum Gasteiger partial charge on any atom is 0.139 e. The molecule has 0 radical (unpaired) electrons. The summed E-state index contributed by atoms with van der Waals surface area (Å²) in [7, 11) is 0. The molecule has 2 atom stereocenters. The fraction of sp³-hybridized carbons (Fsp3) is 0.417. The minimum Gasteiger partial charge on any atom is -0.302 e. The molecule has 136 valence electrons. The number of carbonyl (C=O) groups is 2. The largest absolute Gasteiger partial charge is 0.302 e. The van der Waals surface area contributed by atoms with Gasteiger partial charge in [-0.25, -0.2) is 0 Å². The van der Waals surface area contributed by atoms with Crippen LogP contribution in [0.4, 0.5) is 0 Å². The van der Waals surface area contributed by atoms with E-state index < -0.39 is 0 Å². The molecule has 0 spiro atoms. The van der Waals surface area contributed by atoms with Crippen molar-refractivity contribution < 1.29 is 9.59 Å². The number of carbonyl (C=O) groups excluding carboxylic acids is 2. The van der Waals surface area contributed by atoms with Gasteiger partial charge in [0.2, 0.25) is 0 Å². The van der Waals surface area contributed by atoms with Crippen LogP contribution in [0.3, 0.4) is 0 Å². The number of benzene rings is 2. The molecule has 2 fully saturated rings. The van der Waals surface area contributed by atoms with Gasteiger partial charge in [-0.3, -0.25) is 4.79 Å². The summed E-state index contributed by atoms with van der Waals surface area (Å²) in [4.78, 5) is 22.7. The molecule has 0 heterocycles. The average Bonchev–Trinajstić information content (AvgIpc) is 2.98. The van der Waals surface area contributed by atoms with Crippen molar-refractivity contribution in [2.75, 3.05) is 0 Å². The summed E-state index contributed by atoms with van der Waals surface area (Å²) >= 11 is 0. The second-order valence-electron chi connectivity index (χ2n) is 8.35. The number of fused-ring (bicyclic) bond motifs is 2. The van der Waals surface area contributed by atoms with Gasteiger partial charge in [0.25, 0.3) is 0 Å². The Kier molecular flexibility index (Phi) is 5.13. The Morgan fingerprint density at radius 2 is 1.42 bits per heavy atom. The maximum absolute atomic E-state index is 11.6. The number of rotatable bonds is 3. The summed E-state index contributed by atoms with van der Waals surface area (Å²) in [6.07, 6.45) is 4.24. The number of hydrogen-bond donors (Lipinski definition) is 0. The van der Waals surface area contributed by atoms with Gasteiger partial charge in [-0.2, -0.15) is 0 Å². The number of hydrogen-bond acceptors (Lipinski definition) is 2. The van der Waals surface area contributed by atoms with Crippen molar-refractivity contribution in [2.24, 2.45) is 16.7 Å². The highest BCUT2D eigenvalue weighted by Crippen LogP contribution is 2.63. The topological polar surface area (TPSA) is 34.1 Å². The highest BCUT2D eigenvalue weighted by molar-refractivity contribution is 5.89. The third-order valence-electron chi connectivity index (χ3n) is 6.94. The molecule has 2 unspecified atom stereocenters. The molecule has 2 heteroatoms. The molecule has 2 aliphatic rings. The first-order valence-electron chi connectivity index (χ1n) is 9.48. The van der Waals surface area contributed by atoms with Gasteiger partial charge < -0.3 is 4.79 Å². The van der Waals surface area contributed by atoms with E-state index in [4.69, 9.17) is 0 Å². The summed E-state index contributed by atoms with van der Waals surface area (Å²) in [5.41, 5.74) is 2.39. The van der Waals surface area contributed by atoms with Gasteiger partial charge in [0.05, 0.1) is 5.92 Å². The lowest BCUT2D eigenvalue weighted by Gasteiger charge is -2.32. The lowest BCUT2D eigenvalue weighted by molar-refractivity contribution is -0.128. The lowest BCUT2D eigenvalue weighted by atomic mass is 9.70. The van der Waals surface area contributed by atoms with Crippen LogP contribution in [-0.2, 0) is 9.59 Å². The number of Topliss-reactive ketones (excluding diaryl/α,β-unsaturated/α-hetero) is 1. The Bertz CT molecular complexity index is 724. The van der Waals surface area contributed by atoms with Crippen molar-refractivity contribution in [3.05, 3.63) is 71.8 Å². The van der Waals surface area contributed by atoms with Crippen molar-refractivity contribution in [3.63, 3.8) is 0 Å². The van der Waals surface area contributed by atoms with Crippen molar-refractivity contribution >= 4 is 12.1 Å².